The number of carbonyl (C=O) groups excluding carboxylic acids is 1. The third-order valence-electron chi connectivity index (χ3n) is 5.18. The molecular formula is C23H25N3O2. The molecule has 1 aliphatic heterocycles. The number of carbonyl (C=O) groups is 1. The molecule has 0 fully saturated rings. The van der Waals surface area contributed by atoms with E-state index < -0.39 is 0 Å². The molecule has 5 heteroatoms. The van der Waals surface area contributed by atoms with Crippen LogP contribution >= 0.6 is 0 Å². The summed E-state index contributed by atoms with van der Waals surface area (Å²) in [6, 6.07) is 14.0. The molecule has 0 saturated carbocycles. The number of anilines is 1. The molecule has 3 aromatic rings. The number of benzene rings is 2. The fraction of sp³-hybridized carbons (Fsp3) is 0.261. The van der Waals surface area contributed by atoms with Gasteiger partial charge >= 0.3 is 0 Å². The quantitative estimate of drug-likeness (QED) is 0.636. The Kier molecular flexibility index (Phi) is 4.92. The van der Waals surface area contributed by atoms with E-state index in [4.69, 9.17) is 4.74 Å². The molecule has 2 aromatic carbocycles. The maximum Gasteiger partial charge on any atom is 0.256 e. The number of para-hydroxylation sites is 1. The number of hydrogen-bond acceptors (Lipinski definition) is 3. The number of ether oxygens (including phenoxy) is 1. The van der Waals surface area contributed by atoms with Gasteiger partial charge in [-0.1, -0.05) is 18.2 Å². The summed E-state index contributed by atoms with van der Waals surface area (Å²) in [6.45, 7) is 1.02. The van der Waals surface area contributed by atoms with Gasteiger partial charge in [0.05, 0.1) is 12.7 Å². The van der Waals surface area contributed by atoms with E-state index in [1.54, 1.807) is 7.11 Å². The first-order valence-corrected chi connectivity index (χ1v) is 9.52. The summed E-state index contributed by atoms with van der Waals surface area (Å²) in [4.78, 5) is 18.3. The van der Waals surface area contributed by atoms with Gasteiger partial charge in [-0.3, -0.25) is 4.79 Å². The molecule has 2 heterocycles. The van der Waals surface area contributed by atoms with Crippen LogP contribution in [0.25, 0.3) is 22.6 Å². The minimum absolute atomic E-state index is 0.0823. The maximum absolute atomic E-state index is 12.6. The lowest BCUT2D eigenvalue weighted by molar-refractivity contribution is -0.110. The van der Waals surface area contributed by atoms with Crippen molar-refractivity contribution in [2.24, 2.45) is 0 Å². The molecule has 28 heavy (non-hydrogen) atoms. The van der Waals surface area contributed by atoms with Crippen LogP contribution in [-0.4, -0.2) is 43.5 Å². The zero-order valence-electron chi connectivity index (χ0n) is 16.5. The van der Waals surface area contributed by atoms with Crippen LogP contribution in [0.2, 0.25) is 0 Å². The third-order valence-corrected chi connectivity index (χ3v) is 5.18. The van der Waals surface area contributed by atoms with E-state index in [1.807, 2.05) is 30.3 Å². The van der Waals surface area contributed by atoms with Crippen molar-refractivity contribution >= 4 is 34.1 Å². The highest BCUT2D eigenvalue weighted by molar-refractivity contribution is 6.35. The van der Waals surface area contributed by atoms with Crippen LogP contribution in [-0.2, 0) is 11.2 Å². The molecular weight excluding hydrogens is 350 g/mol. The molecule has 2 N–H and O–H groups in total. The number of nitrogens with zero attached hydrogens (tertiary/aromatic N) is 1. The normalized spacial score (nSPS) is 14.7. The van der Waals surface area contributed by atoms with Gasteiger partial charge in [0.2, 0.25) is 0 Å². The van der Waals surface area contributed by atoms with E-state index in [2.05, 4.69) is 47.5 Å². The molecule has 144 valence electrons. The van der Waals surface area contributed by atoms with Crippen LogP contribution in [0.1, 0.15) is 23.2 Å². The monoisotopic (exact) mass is 375 g/mol. The molecule has 0 aliphatic carbocycles. The van der Waals surface area contributed by atoms with Crippen LogP contribution < -0.4 is 10.1 Å². The van der Waals surface area contributed by atoms with E-state index in [1.165, 1.54) is 10.9 Å². The predicted octanol–water partition coefficient (Wildman–Crippen LogP) is 4.16. The second-order valence-electron chi connectivity index (χ2n) is 7.39. The molecule has 0 saturated heterocycles. The molecule has 0 atom stereocenters. The van der Waals surface area contributed by atoms with Gasteiger partial charge in [-0.2, -0.15) is 0 Å². The average Bonchev–Trinajstić information content (AvgIpc) is 3.19. The maximum atomic E-state index is 12.6. The first-order valence-electron chi connectivity index (χ1n) is 9.52. The highest BCUT2D eigenvalue weighted by Gasteiger charge is 2.25. The zero-order chi connectivity index (χ0) is 19.7. The molecule has 0 bridgehead atoms. The van der Waals surface area contributed by atoms with Crippen molar-refractivity contribution in [1.29, 1.82) is 0 Å². The number of fused-ring (bicyclic) bond motifs is 2. The van der Waals surface area contributed by atoms with Crippen molar-refractivity contribution in [3.05, 3.63) is 59.3 Å². The van der Waals surface area contributed by atoms with Crippen molar-refractivity contribution in [3.63, 3.8) is 0 Å². The number of hydrogen-bond donors (Lipinski definition) is 2. The van der Waals surface area contributed by atoms with Gasteiger partial charge in [-0.15, -0.1) is 0 Å². The lowest BCUT2D eigenvalue weighted by atomic mass is 10.0. The standard InChI is InChI=1S/C23H25N3O2/c1-26(2)12-6-8-17-16-7-4-5-9-20(16)24-22(17)14-19-18-13-15(28-3)10-11-21(18)25-23(19)27/h4-5,7,9-11,13-14,24H,6,8,12H2,1-3H3,(H,25,27)/b19-14-. The Balaban J connectivity index is 1.78. The largest absolute Gasteiger partial charge is 0.497 e. The average molecular weight is 375 g/mol. The number of aryl methyl sites for hydroxylation is 1. The Morgan fingerprint density at radius 3 is 2.75 bits per heavy atom. The van der Waals surface area contributed by atoms with E-state index >= 15 is 0 Å². The van der Waals surface area contributed by atoms with Crippen LogP contribution in [0.5, 0.6) is 5.75 Å². The van der Waals surface area contributed by atoms with Crippen molar-refractivity contribution in [2.75, 3.05) is 33.1 Å². The molecule has 0 spiro atoms. The van der Waals surface area contributed by atoms with E-state index in [-0.39, 0.29) is 5.91 Å². The van der Waals surface area contributed by atoms with E-state index in [0.29, 0.717) is 5.57 Å². The smallest absolute Gasteiger partial charge is 0.256 e. The second kappa shape index (κ2) is 7.52. The van der Waals surface area contributed by atoms with Gasteiger partial charge in [0.1, 0.15) is 5.75 Å². The molecule has 4 rings (SSSR count). The van der Waals surface area contributed by atoms with Gasteiger partial charge in [-0.25, -0.2) is 0 Å². The van der Waals surface area contributed by atoms with E-state index in [0.717, 1.165) is 47.6 Å². The Morgan fingerprint density at radius 2 is 1.96 bits per heavy atom. The van der Waals surface area contributed by atoms with Crippen molar-refractivity contribution in [2.45, 2.75) is 12.8 Å². The summed E-state index contributed by atoms with van der Waals surface area (Å²) in [7, 11) is 5.81. The highest BCUT2D eigenvalue weighted by atomic mass is 16.5. The molecule has 1 aromatic heterocycles. The lowest BCUT2D eigenvalue weighted by Crippen LogP contribution is -2.13. The summed E-state index contributed by atoms with van der Waals surface area (Å²) in [5.74, 6) is 0.658. The SMILES string of the molecule is COc1ccc2c(c1)/C(=C/c1[nH]c3ccccc3c1CCCN(C)C)C(=O)N2. The zero-order valence-corrected chi connectivity index (χ0v) is 16.5. The topological polar surface area (TPSA) is 57.4 Å². The number of nitrogens with one attached hydrogen (secondary N) is 2. The molecule has 5 nitrogen and oxygen atoms in total. The van der Waals surface area contributed by atoms with Crippen LogP contribution in [0.15, 0.2) is 42.5 Å². The fourth-order valence-electron chi connectivity index (χ4n) is 3.77. The van der Waals surface area contributed by atoms with Crippen LogP contribution in [0.4, 0.5) is 5.69 Å². The molecule has 0 radical (unpaired) electrons. The molecule has 0 unspecified atom stereocenters. The summed E-state index contributed by atoms with van der Waals surface area (Å²) >= 11 is 0. The Bertz CT molecular complexity index is 1060. The van der Waals surface area contributed by atoms with Crippen molar-refractivity contribution in [3.8, 4) is 5.75 Å². The Labute approximate surface area is 165 Å². The second-order valence-corrected chi connectivity index (χ2v) is 7.39. The molecule has 1 aliphatic rings. The molecule has 1 amide bonds. The van der Waals surface area contributed by atoms with Crippen molar-refractivity contribution < 1.29 is 9.53 Å². The summed E-state index contributed by atoms with van der Waals surface area (Å²) in [6.07, 6.45) is 3.99. The summed E-state index contributed by atoms with van der Waals surface area (Å²) < 4.78 is 5.34. The van der Waals surface area contributed by atoms with Gasteiger partial charge < -0.3 is 19.9 Å². The lowest BCUT2D eigenvalue weighted by Gasteiger charge is -2.09. The van der Waals surface area contributed by atoms with Gasteiger partial charge in [0.15, 0.2) is 0 Å². The van der Waals surface area contributed by atoms with Crippen LogP contribution in [0, 0.1) is 0 Å². The number of aromatic amines is 1. The number of aromatic nitrogens is 1. The summed E-state index contributed by atoms with van der Waals surface area (Å²) in [5, 5.41) is 4.17. The number of amides is 1. The minimum Gasteiger partial charge on any atom is -0.497 e. The Hall–Kier alpha value is -3.05. The number of methoxy groups -OCH3 is 1. The fourth-order valence-corrected chi connectivity index (χ4v) is 3.77. The van der Waals surface area contributed by atoms with E-state index in [9.17, 15) is 4.79 Å². The van der Waals surface area contributed by atoms with Gasteiger partial charge in [-0.05, 0) is 69.4 Å². The van der Waals surface area contributed by atoms with Crippen molar-refractivity contribution in [1.82, 2.24) is 9.88 Å². The van der Waals surface area contributed by atoms with Gasteiger partial charge in [0.25, 0.3) is 5.91 Å². The van der Waals surface area contributed by atoms with Gasteiger partial charge in [0, 0.05) is 27.8 Å². The predicted molar refractivity (Wildman–Crippen MR) is 115 cm³/mol. The third kappa shape index (κ3) is 3.41. The minimum atomic E-state index is -0.0823. The number of rotatable bonds is 6. The summed E-state index contributed by atoms with van der Waals surface area (Å²) in [5.41, 5.74) is 5.72. The number of H-pyrrole nitrogens is 1. The first-order chi connectivity index (χ1) is 13.6. The highest BCUT2D eigenvalue weighted by Crippen LogP contribution is 2.36. The first kappa shape index (κ1) is 18.3. The van der Waals surface area contributed by atoms with Crippen LogP contribution in [0.3, 0.4) is 0 Å². The Morgan fingerprint density at radius 1 is 1.14 bits per heavy atom.